The second kappa shape index (κ2) is 12.6. The van der Waals surface area contributed by atoms with E-state index in [9.17, 15) is 0 Å². The molecule has 24 heavy (non-hydrogen) atoms. The van der Waals surface area contributed by atoms with E-state index in [2.05, 4.69) is 30.6 Å². The Morgan fingerprint density at radius 3 is 1.88 bits per heavy atom. The third-order valence-electron chi connectivity index (χ3n) is 5.11. The quantitative estimate of drug-likeness (QED) is 0.317. The molecule has 1 aliphatic heterocycles. The molecule has 0 radical (unpaired) electrons. The standard InChI is InChI=1S/C8H11O3.3C4H9.Sn/c1-4-6-5-7(9-2)11-8(6)10-3;3*1-3-4-2;/h6-8H,5H2,2-3H3;3*1,3-4H2,2H3;. The zero-order valence-electron chi connectivity index (χ0n) is 16.5. The Balaban J connectivity index is 2.91. The average Bonchev–Trinajstić information content (AvgIpc) is 3.03. The van der Waals surface area contributed by atoms with Gasteiger partial charge in [0.15, 0.2) is 0 Å². The summed E-state index contributed by atoms with van der Waals surface area (Å²) in [7, 11) is 3.40. The van der Waals surface area contributed by atoms with Crippen molar-refractivity contribution < 1.29 is 14.2 Å². The molecule has 4 heteroatoms. The summed E-state index contributed by atoms with van der Waals surface area (Å²) in [6.07, 6.45) is 8.37. The van der Waals surface area contributed by atoms with E-state index in [-0.39, 0.29) is 18.5 Å². The Bertz CT molecular complexity index is 366. The van der Waals surface area contributed by atoms with Crippen molar-refractivity contribution in [2.45, 2.75) is 91.6 Å². The molecule has 0 N–H and O–H groups in total. The summed E-state index contributed by atoms with van der Waals surface area (Å²) in [5, 5.41) is 0. The molecule has 3 nitrogen and oxygen atoms in total. The van der Waals surface area contributed by atoms with Crippen LogP contribution in [0.25, 0.3) is 0 Å². The Morgan fingerprint density at radius 2 is 1.46 bits per heavy atom. The normalized spacial score (nSPS) is 24.0. The van der Waals surface area contributed by atoms with Gasteiger partial charge in [0.2, 0.25) is 0 Å². The van der Waals surface area contributed by atoms with Crippen LogP contribution < -0.4 is 0 Å². The summed E-state index contributed by atoms with van der Waals surface area (Å²) in [6, 6.07) is 0. The van der Waals surface area contributed by atoms with E-state index in [0.29, 0.717) is 0 Å². The number of hydrogen-bond acceptors (Lipinski definition) is 3. The molecule has 3 atom stereocenters. The zero-order valence-corrected chi connectivity index (χ0v) is 19.4. The van der Waals surface area contributed by atoms with Gasteiger partial charge < -0.3 is 0 Å². The summed E-state index contributed by atoms with van der Waals surface area (Å²) >= 11 is -2.38. The van der Waals surface area contributed by atoms with Crippen molar-refractivity contribution in [3.8, 4) is 9.86 Å². The van der Waals surface area contributed by atoms with Gasteiger partial charge in [0, 0.05) is 0 Å². The predicted octanol–water partition coefficient (Wildman–Crippen LogP) is 5.36. The third kappa shape index (κ3) is 7.23. The summed E-state index contributed by atoms with van der Waals surface area (Å²) in [4.78, 5) is 0. The van der Waals surface area contributed by atoms with Crippen LogP contribution in [-0.4, -0.2) is 45.2 Å². The van der Waals surface area contributed by atoms with E-state index in [4.69, 9.17) is 14.2 Å². The molecule has 1 rings (SSSR count). The third-order valence-corrected chi connectivity index (χ3v) is 18.3. The van der Waals surface area contributed by atoms with Gasteiger partial charge in [-0.1, -0.05) is 0 Å². The van der Waals surface area contributed by atoms with Gasteiger partial charge >= 0.3 is 154 Å². The van der Waals surface area contributed by atoms with Gasteiger partial charge in [0.25, 0.3) is 0 Å². The molecule has 1 heterocycles. The van der Waals surface area contributed by atoms with Crippen LogP contribution in [0.3, 0.4) is 0 Å². The number of hydrogen-bond donors (Lipinski definition) is 0. The van der Waals surface area contributed by atoms with E-state index < -0.39 is 18.4 Å². The van der Waals surface area contributed by atoms with Crippen LogP contribution in [0.1, 0.15) is 65.7 Å². The first-order valence-corrected chi connectivity index (χ1v) is 17.4. The van der Waals surface area contributed by atoms with E-state index in [0.717, 1.165) is 6.42 Å². The molecule has 140 valence electrons. The number of ether oxygens (including phenoxy) is 3. The first-order valence-electron chi connectivity index (χ1n) is 9.88. The predicted molar refractivity (Wildman–Crippen MR) is 103 cm³/mol. The van der Waals surface area contributed by atoms with Gasteiger partial charge in [-0.15, -0.1) is 0 Å². The van der Waals surface area contributed by atoms with Crippen molar-refractivity contribution >= 4 is 18.4 Å². The Morgan fingerprint density at radius 1 is 0.917 bits per heavy atom. The molecule has 3 unspecified atom stereocenters. The first-order chi connectivity index (χ1) is 11.6. The van der Waals surface area contributed by atoms with Crippen molar-refractivity contribution in [3.05, 3.63) is 0 Å². The molecule has 1 saturated heterocycles. The fourth-order valence-electron chi connectivity index (χ4n) is 3.47. The van der Waals surface area contributed by atoms with Crippen LogP contribution in [0.5, 0.6) is 0 Å². The summed E-state index contributed by atoms with van der Waals surface area (Å²) in [5.41, 5.74) is 0. The molecule has 0 aromatic rings. The van der Waals surface area contributed by atoms with Crippen LogP contribution >= 0.6 is 0 Å². The SMILES string of the molecule is CCC[CH2][Sn]([C]#CC1CC(OC)OC1OC)([CH2]CCC)[CH2]CCC. The maximum absolute atomic E-state index is 5.76. The average molecular weight is 445 g/mol. The molecule has 0 bridgehead atoms. The van der Waals surface area contributed by atoms with Gasteiger partial charge in [-0.05, 0) is 0 Å². The molecule has 0 saturated carbocycles. The molecule has 1 fully saturated rings. The minimum atomic E-state index is -2.38. The molecular formula is C20H38O3Sn. The van der Waals surface area contributed by atoms with Gasteiger partial charge in [-0.25, -0.2) is 0 Å². The molecule has 0 aliphatic carbocycles. The van der Waals surface area contributed by atoms with Crippen LogP contribution in [-0.2, 0) is 14.2 Å². The van der Waals surface area contributed by atoms with E-state index in [1.807, 2.05) is 0 Å². The van der Waals surface area contributed by atoms with Crippen molar-refractivity contribution in [1.29, 1.82) is 0 Å². The number of unbranched alkanes of at least 4 members (excludes halogenated alkanes) is 3. The van der Waals surface area contributed by atoms with Gasteiger partial charge in [-0.2, -0.15) is 0 Å². The molecule has 0 spiro atoms. The van der Waals surface area contributed by atoms with Crippen molar-refractivity contribution in [2.75, 3.05) is 14.2 Å². The first kappa shape index (κ1) is 22.3. The summed E-state index contributed by atoms with van der Waals surface area (Å²) < 4.78 is 24.8. The molecule has 1 aliphatic rings. The molecule has 0 aromatic carbocycles. The number of methoxy groups -OCH3 is 2. The van der Waals surface area contributed by atoms with Gasteiger partial charge in [-0.3, -0.25) is 0 Å². The second-order valence-electron chi connectivity index (χ2n) is 7.11. The Hall–Kier alpha value is 0.239. The Labute approximate surface area is 154 Å². The van der Waals surface area contributed by atoms with Crippen molar-refractivity contribution in [2.24, 2.45) is 5.92 Å². The fourth-order valence-corrected chi connectivity index (χ4v) is 16.9. The topological polar surface area (TPSA) is 27.7 Å². The van der Waals surface area contributed by atoms with Crippen LogP contribution in [0.4, 0.5) is 0 Å². The van der Waals surface area contributed by atoms with Crippen molar-refractivity contribution in [3.63, 3.8) is 0 Å². The monoisotopic (exact) mass is 446 g/mol. The van der Waals surface area contributed by atoms with Gasteiger partial charge in [0.1, 0.15) is 0 Å². The van der Waals surface area contributed by atoms with E-state index >= 15 is 0 Å². The summed E-state index contributed by atoms with van der Waals surface area (Å²) in [5.74, 6) is 3.80. The van der Waals surface area contributed by atoms with Crippen LogP contribution in [0.15, 0.2) is 0 Å². The minimum absolute atomic E-state index is 0.166. The molecule has 0 aromatic heterocycles. The molecule has 0 amide bonds. The van der Waals surface area contributed by atoms with E-state index in [1.54, 1.807) is 14.2 Å². The zero-order chi connectivity index (χ0) is 17.8. The van der Waals surface area contributed by atoms with Crippen LogP contribution in [0.2, 0.25) is 13.3 Å². The number of rotatable bonds is 11. The Kier molecular flexibility index (Phi) is 11.7. The van der Waals surface area contributed by atoms with Gasteiger partial charge in [0.05, 0.1) is 0 Å². The van der Waals surface area contributed by atoms with Crippen molar-refractivity contribution in [1.82, 2.24) is 0 Å². The van der Waals surface area contributed by atoms with Crippen LogP contribution in [0, 0.1) is 15.8 Å². The van der Waals surface area contributed by atoms with E-state index in [1.165, 1.54) is 51.8 Å². The summed E-state index contributed by atoms with van der Waals surface area (Å²) in [6.45, 7) is 6.91. The molecular weight excluding hydrogens is 407 g/mol. The second-order valence-corrected chi connectivity index (χ2v) is 19.4. The fraction of sp³-hybridized carbons (Fsp3) is 0.900. The maximum atomic E-state index is 5.76.